The number of nitrogens with zero attached hydrogens (tertiary/aromatic N) is 6. The van der Waals surface area contributed by atoms with E-state index in [0.717, 1.165) is 101 Å². The summed E-state index contributed by atoms with van der Waals surface area (Å²) in [6.07, 6.45) is 5.10. The number of allylic oxidation sites excluding steroid dienone is 2. The zero-order chi connectivity index (χ0) is 41.6. The minimum atomic E-state index is 0.0850. The number of hydrogen-bond acceptors (Lipinski definition) is 6. The first kappa shape index (κ1) is 37.0. The molecule has 4 aromatic heterocycles. The van der Waals surface area contributed by atoms with Gasteiger partial charge in [0.2, 0.25) is 0 Å². The van der Waals surface area contributed by atoms with E-state index in [1.807, 2.05) is 78.9 Å². The summed E-state index contributed by atoms with van der Waals surface area (Å²) in [5.74, 6) is 3.49. The molecule has 0 spiro atoms. The monoisotopic (exact) mass is 800 g/mol. The van der Waals surface area contributed by atoms with Crippen molar-refractivity contribution >= 4 is 43.7 Å². The van der Waals surface area contributed by atoms with E-state index in [1.54, 1.807) is 0 Å². The van der Waals surface area contributed by atoms with E-state index in [2.05, 4.69) is 128 Å². The maximum Gasteiger partial charge on any atom is 0.164 e. The van der Waals surface area contributed by atoms with Crippen molar-refractivity contribution in [2.24, 2.45) is 0 Å². The van der Waals surface area contributed by atoms with Crippen LogP contribution in [0.25, 0.3) is 106 Å². The lowest BCUT2D eigenvalue weighted by Gasteiger charge is -2.16. The zero-order valence-electron chi connectivity index (χ0n) is 34.3. The molecule has 0 unspecified atom stereocenters. The van der Waals surface area contributed by atoms with Crippen LogP contribution in [0.4, 0.5) is 0 Å². The Morgan fingerprint density at radius 3 is 1.81 bits per heavy atom. The Balaban J connectivity index is 1.21. The van der Waals surface area contributed by atoms with E-state index < -0.39 is 0 Å². The summed E-state index contributed by atoms with van der Waals surface area (Å²) >= 11 is 0. The van der Waals surface area contributed by atoms with Gasteiger partial charge in [0.1, 0.15) is 22.8 Å². The highest BCUT2D eigenvalue weighted by atomic mass is 16.3. The van der Waals surface area contributed by atoms with Gasteiger partial charge in [0.25, 0.3) is 0 Å². The van der Waals surface area contributed by atoms with Crippen LogP contribution < -0.4 is 0 Å². The number of aromatic nitrogens is 6. The van der Waals surface area contributed by atoms with E-state index >= 15 is 0 Å². The topological polar surface area (TPSA) is 82.5 Å². The number of hydrogen-bond donors (Lipinski definition) is 0. The molecule has 11 rings (SSSR count). The molecule has 0 fully saturated rings. The molecular formula is C55H40N6O. The van der Waals surface area contributed by atoms with E-state index in [1.165, 1.54) is 0 Å². The van der Waals surface area contributed by atoms with Crippen LogP contribution in [0.5, 0.6) is 0 Å². The quantitative estimate of drug-likeness (QED) is 0.135. The van der Waals surface area contributed by atoms with E-state index in [-0.39, 0.29) is 5.92 Å². The number of rotatable bonds is 9. The van der Waals surface area contributed by atoms with Gasteiger partial charge in [-0.05, 0) is 43.2 Å². The van der Waals surface area contributed by atoms with Crippen molar-refractivity contribution in [2.45, 2.75) is 26.2 Å². The van der Waals surface area contributed by atoms with Gasteiger partial charge < -0.3 is 4.42 Å². The standard InChI is InChI=1S/C55H40N6O/c1-3-4-19-35(2)52-56-45(36-20-8-5-9-21-36)34-48(57-52)61-46-30-16-14-29-42(46)49-50(61)43(33-44-41-28-15-17-31-47(41)62-51(44)49)39-26-18-27-40(32-39)55-59-53(37-22-10-6-11-23-37)58-54(60-55)38-24-12-7-13-25-38/h3-18,20-35H,19H2,1-2H3/b4-3-/t35-/m0/s1. The fourth-order valence-electron chi connectivity index (χ4n) is 8.54. The predicted molar refractivity (Wildman–Crippen MR) is 252 cm³/mol. The van der Waals surface area contributed by atoms with Gasteiger partial charge in [0.05, 0.1) is 22.1 Å². The summed E-state index contributed by atoms with van der Waals surface area (Å²) in [6.45, 7) is 4.25. The third kappa shape index (κ3) is 6.51. The molecule has 7 heteroatoms. The Labute approximate surface area is 358 Å². The fraction of sp³-hybridized carbons (Fsp3) is 0.0727. The minimum absolute atomic E-state index is 0.0850. The molecule has 0 radical (unpaired) electrons. The lowest BCUT2D eigenvalue weighted by molar-refractivity contribution is 0.673. The second-order valence-corrected chi connectivity index (χ2v) is 15.6. The molecule has 62 heavy (non-hydrogen) atoms. The van der Waals surface area contributed by atoms with Crippen molar-refractivity contribution in [2.75, 3.05) is 0 Å². The number of furan rings is 1. The van der Waals surface area contributed by atoms with E-state index in [9.17, 15) is 0 Å². The fourth-order valence-corrected chi connectivity index (χ4v) is 8.54. The summed E-state index contributed by atoms with van der Waals surface area (Å²) < 4.78 is 9.14. The zero-order valence-corrected chi connectivity index (χ0v) is 34.3. The minimum Gasteiger partial charge on any atom is -0.455 e. The largest absolute Gasteiger partial charge is 0.455 e. The first-order chi connectivity index (χ1) is 30.6. The summed E-state index contributed by atoms with van der Waals surface area (Å²) in [4.78, 5) is 25.8. The third-order valence-corrected chi connectivity index (χ3v) is 11.6. The van der Waals surface area contributed by atoms with Crippen molar-refractivity contribution in [3.8, 4) is 62.4 Å². The summed E-state index contributed by atoms with van der Waals surface area (Å²) in [5.41, 5.74) is 10.4. The molecule has 0 saturated carbocycles. The Morgan fingerprint density at radius 1 is 0.532 bits per heavy atom. The van der Waals surface area contributed by atoms with Gasteiger partial charge in [-0.1, -0.05) is 165 Å². The Kier molecular flexibility index (Phi) is 9.27. The average molecular weight is 801 g/mol. The average Bonchev–Trinajstić information content (AvgIpc) is 3.90. The normalized spacial score (nSPS) is 12.3. The molecule has 0 aliphatic rings. The highest BCUT2D eigenvalue weighted by molar-refractivity contribution is 6.27. The first-order valence-corrected chi connectivity index (χ1v) is 21.0. The lowest BCUT2D eigenvalue weighted by Crippen LogP contribution is -2.07. The van der Waals surface area contributed by atoms with Crippen LogP contribution in [0.15, 0.2) is 192 Å². The van der Waals surface area contributed by atoms with Crippen molar-refractivity contribution in [1.29, 1.82) is 0 Å². The Morgan fingerprint density at radius 2 is 1.11 bits per heavy atom. The number of para-hydroxylation sites is 2. The second-order valence-electron chi connectivity index (χ2n) is 15.6. The SMILES string of the molecule is C/C=C\C[C@H](C)c1nc(-c2ccccc2)cc(-n2c3ccccc3c3c4oc5ccccc5c4cc(-c4cccc(-c5nc(-c6ccccc6)nc(-c6ccccc6)n5)c4)c32)n1. The molecule has 11 aromatic rings. The highest BCUT2D eigenvalue weighted by Gasteiger charge is 2.25. The lowest BCUT2D eigenvalue weighted by atomic mass is 9.97. The van der Waals surface area contributed by atoms with Crippen LogP contribution in [0.3, 0.4) is 0 Å². The van der Waals surface area contributed by atoms with Gasteiger partial charge in [-0.15, -0.1) is 0 Å². The molecule has 0 N–H and O–H groups in total. The van der Waals surface area contributed by atoms with Crippen molar-refractivity contribution in [3.63, 3.8) is 0 Å². The Bertz CT molecular complexity index is 3410. The number of benzene rings is 7. The van der Waals surface area contributed by atoms with Gasteiger partial charge in [-0.25, -0.2) is 24.9 Å². The molecule has 0 aliphatic carbocycles. The molecule has 1 atom stereocenters. The van der Waals surface area contributed by atoms with Crippen molar-refractivity contribution in [3.05, 3.63) is 194 Å². The molecule has 0 amide bonds. The van der Waals surface area contributed by atoms with Crippen LogP contribution in [0, 0.1) is 0 Å². The second kappa shape index (κ2) is 15.5. The van der Waals surface area contributed by atoms with Crippen molar-refractivity contribution < 1.29 is 4.42 Å². The van der Waals surface area contributed by atoms with Crippen LogP contribution in [0.1, 0.15) is 32.0 Å². The molecular weight excluding hydrogens is 761 g/mol. The predicted octanol–water partition coefficient (Wildman–Crippen LogP) is 14.1. The summed E-state index contributed by atoms with van der Waals surface area (Å²) in [6, 6.07) is 60.4. The molecule has 4 heterocycles. The third-order valence-electron chi connectivity index (χ3n) is 11.6. The van der Waals surface area contributed by atoms with Gasteiger partial charge in [0.15, 0.2) is 17.5 Å². The van der Waals surface area contributed by atoms with Crippen LogP contribution in [-0.2, 0) is 0 Å². The maximum absolute atomic E-state index is 6.84. The van der Waals surface area contributed by atoms with E-state index in [4.69, 9.17) is 29.3 Å². The van der Waals surface area contributed by atoms with Crippen LogP contribution in [-0.4, -0.2) is 29.5 Å². The number of fused-ring (bicyclic) bond motifs is 7. The van der Waals surface area contributed by atoms with Crippen LogP contribution in [0.2, 0.25) is 0 Å². The van der Waals surface area contributed by atoms with Gasteiger partial charge in [-0.3, -0.25) is 4.57 Å². The molecule has 296 valence electrons. The van der Waals surface area contributed by atoms with Gasteiger partial charge in [-0.2, -0.15) is 0 Å². The van der Waals surface area contributed by atoms with Gasteiger partial charge >= 0.3 is 0 Å². The highest BCUT2D eigenvalue weighted by Crippen LogP contribution is 2.46. The van der Waals surface area contributed by atoms with Crippen LogP contribution >= 0.6 is 0 Å². The maximum atomic E-state index is 6.84. The molecule has 0 aliphatic heterocycles. The molecule has 7 aromatic carbocycles. The smallest absolute Gasteiger partial charge is 0.164 e. The van der Waals surface area contributed by atoms with Gasteiger partial charge in [0, 0.05) is 56.0 Å². The first-order valence-electron chi connectivity index (χ1n) is 21.0. The summed E-state index contributed by atoms with van der Waals surface area (Å²) in [5, 5.41) is 4.20. The molecule has 0 saturated heterocycles. The molecule has 0 bridgehead atoms. The van der Waals surface area contributed by atoms with Crippen molar-refractivity contribution in [1.82, 2.24) is 29.5 Å². The summed E-state index contributed by atoms with van der Waals surface area (Å²) in [7, 11) is 0. The van der Waals surface area contributed by atoms with E-state index in [0.29, 0.717) is 17.5 Å². The molecule has 7 nitrogen and oxygen atoms in total. The Hall–Kier alpha value is -8.03.